The molecule has 0 spiro atoms. The van der Waals surface area contributed by atoms with Crippen LogP contribution in [0.1, 0.15) is 11.4 Å². The fourth-order valence-electron chi connectivity index (χ4n) is 2.51. The van der Waals surface area contributed by atoms with Crippen molar-refractivity contribution in [2.24, 2.45) is 0 Å². The lowest BCUT2D eigenvalue weighted by Gasteiger charge is -2.05. The number of benzene rings is 1. The monoisotopic (exact) mass is 275 g/mol. The highest BCUT2D eigenvalue weighted by Gasteiger charge is 2.06. The molecular weight excluding hydrogens is 262 g/mol. The number of para-hydroxylation sites is 1. The van der Waals surface area contributed by atoms with Gasteiger partial charge < -0.3 is 0 Å². The summed E-state index contributed by atoms with van der Waals surface area (Å²) in [7, 11) is 0. The molecule has 3 heterocycles. The van der Waals surface area contributed by atoms with Crippen molar-refractivity contribution >= 4 is 16.7 Å². The fourth-order valence-corrected chi connectivity index (χ4v) is 2.51. The van der Waals surface area contributed by atoms with Gasteiger partial charge in [-0.3, -0.25) is 4.98 Å². The largest absolute Gasteiger partial charge is 0.255 e. The summed E-state index contributed by atoms with van der Waals surface area (Å²) in [4.78, 5) is 13.1. The van der Waals surface area contributed by atoms with Gasteiger partial charge in [0.15, 0.2) is 0 Å². The minimum Gasteiger partial charge on any atom is -0.255 e. The van der Waals surface area contributed by atoms with Crippen molar-refractivity contribution in [3.8, 4) is 11.1 Å². The summed E-state index contributed by atoms with van der Waals surface area (Å²) in [6.45, 7) is 3.93. The molecule has 0 fully saturated rings. The molecule has 0 N–H and O–H groups in total. The van der Waals surface area contributed by atoms with Gasteiger partial charge in [0, 0.05) is 35.1 Å². The lowest BCUT2D eigenvalue weighted by molar-refractivity contribution is 0.918. The topological polar surface area (TPSA) is 56.0 Å². The first-order valence-corrected chi connectivity index (χ1v) is 6.75. The predicted molar refractivity (Wildman–Crippen MR) is 81.0 cm³/mol. The van der Waals surface area contributed by atoms with E-state index in [2.05, 4.69) is 45.2 Å². The molecule has 0 saturated carbocycles. The first kappa shape index (κ1) is 12.0. The first-order valence-electron chi connectivity index (χ1n) is 6.75. The van der Waals surface area contributed by atoms with Crippen LogP contribution in [-0.4, -0.2) is 24.6 Å². The average Bonchev–Trinajstić information content (AvgIpc) is 2.86. The summed E-state index contributed by atoms with van der Waals surface area (Å²) in [5.74, 6) is 1.33. The third kappa shape index (κ3) is 1.94. The average molecular weight is 275 g/mol. The van der Waals surface area contributed by atoms with Crippen LogP contribution in [0.2, 0.25) is 0 Å². The Labute approximate surface area is 121 Å². The van der Waals surface area contributed by atoms with Gasteiger partial charge in [-0.05, 0) is 25.5 Å². The molecule has 0 atom stereocenters. The molecule has 4 rings (SSSR count). The van der Waals surface area contributed by atoms with Crippen LogP contribution in [-0.2, 0) is 0 Å². The van der Waals surface area contributed by atoms with Crippen molar-refractivity contribution in [2.75, 3.05) is 0 Å². The van der Waals surface area contributed by atoms with Crippen LogP contribution in [0.5, 0.6) is 0 Å². The standard InChI is InChI=1S/C16H13N5/c1-10-4-3-5-12-6-13(7-17-15(10)12)14-8-18-16-19-11(2)20-21(16)9-14/h3-9H,1-2H3. The summed E-state index contributed by atoms with van der Waals surface area (Å²) < 4.78 is 1.70. The molecule has 0 bridgehead atoms. The highest BCUT2D eigenvalue weighted by Crippen LogP contribution is 2.23. The Morgan fingerprint density at radius 1 is 1.00 bits per heavy atom. The Hall–Kier alpha value is -2.82. The van der Waals surface area contributed by atoms with Crippen molar-refractivity contribution in [1.29, 1.82) is 0 Å². The summed E-state index contributed by atoms with van der Waals surface area (Å²) in [5.41, 5.74) is 4.21. The number of hydrogen-bond acceptors (Lipinski definition) is 4. The van der Waals surface area contributed by atoms with E-state index in [9.17, 15) is 0 Å². The molecule has 0 saturated heterocycles. The Kier molecular flexibility index (Phi) is 2.47. The van der Waals surface area contributed by atoms with E-state index in [1.54, 1.807) is 4.52 Å². The minimum atomic E-state index is 0.612. The number of aromatic nitrogens is 5. The van der Waals surface area contributed by atoms with Crippen molar-refractivity contribution in [3.05, 3.63) is 54.2 Å². The third-order valence-corrected chi connectivity index (χ3v) is 3.55. The smallest absolute Gasteiger partial charge is 0.252 e. The molecule has 5 heteroatoms. The second-order valence-electron chi connectivity index (χ2n) is 5.12. The molecule has 0 aliphatic heterocycles. The van der Waals surface area contributed by atoms with Crippen molar-refractivity contribution < 1.29 is 0 Å². The zero-order chi connectivity index (χ0) is 14.4. The van der Waals surface area contributed by atoms with Gasteiger partial charge in [0.05, 0.1) is 5.52 Å². The van der Waals surface area contributed by atoms with E-state index in [4.69, 9.17) is 0 Å². The Morgan fingerprint density at radius 3 is 2.76 bits per heavy atom. The van der Waals surface area contributed by atoms with Crippen LogP contribution in [0.3, 0.4) is 0 Å². The van der Waals surface area contributed by atoms with Crippen LogP contribution in [0.25, 0.3) is 27.8 Å². The van der Waals surface area contributed by atoms with Crippen molar-refractivity contribution in [2.45, 2.75) is 13.8 Å². The normalized spacial score (nSPS) is 11.3. The van der Waals surface area contributed by atoms with Gasteiger partial charge in [-0.2, -0.15) is 10.1 Å². The van der Waals surface area contributed by atoms with Crippen LogP contribution >= 0.6 is 0 Å². The molecule has 0 radical (unpaired) electrons. The number of fused-ring (bicyclic) bond motifs is 2. The maximum Gasteiger partial charge on any atom is 0.252 e. The SMILES string of the molecule is Cc1nc2ncc(-c3cnc4c(C)cccc4c3)cn2n1. The summed E-state index contributed by atoms with van der Waals surface area (Å²) in [6, 6.07) is 8.32. The number of aryl methyl sites for hydroxylation is 2. The van der Waals surface area contributed by atoms with Crippen LogP contribution < -0.4 is 0 Å². The predicted octanol–water partition coefficient (Wildman–Crippen LogP) is 2.96. The summed E-state index contributed by atoms with van der Waals surface area (Å²) in [6.07, 6.45) is 5.62. The van der Waals surface area contributed by atoms with Crippen molar-refractivity contribution in [3.63, 3.8) is 0 Å². The molecular formula is C16H13N5. The summed E-state index contributed by atoms with van der Waals surface area (Å²) >= 11 is 0. The fraction of sp³-hybridized carbons (Fsp3) is 0.125. The van der Waals surface area contributed by atoms with E-state index in [0.29, 0.717) is 11.6 Å². The van der Waals surface area contributed by atoms with E-state index in [0.717, 1.165) is 22.0 Å². The van der Waals surface area contributed by atoms with E-state index in [-0.39, 0.29) is 0 Å². The van der Waals surface area contributed by atoms with E-state index < -0.39 is 0 Å². The zero-order valence-electron chi connectivity index (χ0n) is 11.8. The molecule has 0 amide bonds. The highest BCUT2D eigenvalue weighted by molar-refractivity contribution is 5.85. The number of hydrogen-bond donors (Lipinski definition) is 0. The van der Waals surface area contributed by atoms with Gasteiger partial charge in [-0.25, -0.2) is 9.50 Å². The van der Waals surface area contributed by atoms with E-state index >= 15 is 0 Å². The first-order chi connectivity index (χ1) is 10.2. The number of pyridine rings is 1. The van der Waals surface area contributed by atoms with Gasteiger partial charge in [0.2, 0.25) is 0 Å². The van der Waals surface area contributed by atoms with Crippen LogP contribution in [0.4, 0.5) is 0 Å². The zero-order valence-corrected chi connectivity index (χ0v) is 11.8. The molecule has 1 aromatic carbocycles. The molecule has 4 aromatic rings. The number of rotatable bonds is 1. The second-order valence-corrected chi connectivity index (χ2v) is 5.12. The quantitative estimate of drug-likeness (QED) is 0.536. The Balaban J connectivity index is 1.90. The lowest BCUT2D eigenvalue weighted by atomic mass is 10.1. The molecule has 3 aromatic heterocycles. The highest BCUT2D eigenvalue weighted by atomic mass is 15.3. The molecule has 0 aliphatic rings. The molecule has 102 valence electrons. The third-order valence-electron chi connectivity index (χ3n) is 3.55. The maximum absolute atomic E-state index is 4.57. The minimum absolute atomic E-state index is 0.612. The molecule has 5 nitrogen and oxygen atoms in total. The van der Waals surface area contributed by atoms with Gasteiger partial charge >= 0.3 is 0 Å². The van der Waals surface area contributed by atoms with Crippen LogP contribution in [0, 0.1) is 13.8 Å². The Bertz CT molecular complexity index is 971. The van der Waals surface area contributed by atoms with E-state index in [1.165, 1.54) is 5.56 Å². The van der Waals surface area contributed by atoms with Gasteiger partial charge in [0.1, 0.15) is 5.82 Å². The lowest BCUT2D eigenvalue weighted by Crippen LogP contribution is -1.93. The Morgan fingerprint density at radius 2 is 1.86 bits per heavy atom. The second kappa shape index (κ2) is 4.34. The number of nitrogens with zero attached hydrogens (tertiary/aromatic N) is 5. The molecule has 0 aliphatic carbocycles. The van der Waals surface area contributed by atoms with Crippen LogP contribution in [0.15, 0.2) is 42.9 Å². The van der Waals surface area contributed by atoms with Gasteiger partial charge in [0.25, 0.3) is 5.78 Å². The maximum atomic E-state index is 4.57. The molecule has 21 heavy (non-hydrogen) atoms. The van der Waals surface area contributed by atoms with Crippen molar-refractivity contribution in [1.82, 2.24) is 24.6 Å². The van der Waals surface area contributed by atoms with E-state index in [1.807, 2.05) is 31.6 Å². The van der Waals surface area contributed by atoms with Gasteiger partial charge in [-0.15, -0.1) is 0 Å². The molecule has 0 unspecified atom stereocenters. The summed E-state index contributed by atoms with van der Waals surface area (Å²) in [5, 5.41) is 5.43. The van der Waals surface area contributed by atoms with Gasteiger partial charge in [-0.1, -0.05) is 18.2 Å².